The van der Waals surface area contributed by atoms with E-state index in [4.69, 9.17) is 0 Å². The number of nitrogens with zero attached hydrogens (tertiary/aromatic N) is 3. The summed E-state index contributed by atoms with van der Waals surface area (Å²) in [5.41, 5.74) is 1.23. The number of imidazole rings is 1. The van der Waals surface area contributed by atoms with Crippen LogP contribution in [0.25, 0.3) is 0 Å². The number of amides is 1. The normalized spacial score (nSPS) is 19.9. The highest BCUT2D eigenvalue weighted by atomic mass is 79.9. The average Bonchev–Trinajstić information content (AvgIpc) is 3.15. The molecule has 0 atom stereocenters. The van der Waals surface area contributed by atoms with Crippen molar-refractivity contribution in [1.82, 2.24) is 14.5 Å². The fourth-order valence-electron chi connectivity index (χ4n) is 2.35. The average molecular weight is 310 g/mol. The van der Waals surface area contributed by atoms with Crippen LogP contribution >= 0.6 is 15.9 Å². The number of carbonyl (C=O) groups is 1. The molecule has 5 heteroatoms. The first kappa shape index (κ1) is 12.0. The number of carbonyl (C=O) groups excluding carboxylic acids is 1. The summed E-state index contributed by atoms with van der Waals surface area (Å²) in [4.78, 5) is 18.4. The minimum absolute atomic E-state index is 0.129. The van der Waals surface area contributed by atoms with Gasteiger partial charge in [0.05, 0.1) is 12.7 Å². The Hall–Kier alpha value is -1.10. The molecule has 1 aromatic rings. The van der Waals surface area contributed by atoms with E-state index in [-0.39, 0.29) is 5.91 Å². The molecule has 1 aliphatic heterocycles. The number of hydrogen-bond acceptors (Lipinski definition) is 2. The smallest absolute Gasteiger partial charge is 0.246 e. The van der Waals surface area contributed by atoms with Crippen molar-refractivity contribution in [3.8, 4) is 0 Å². The Balaban J connectivity index is 1.71. The molecule has 1 aromatic heterocycles. The second-order valence-corrected chi connectivity index (χ2v) is 5.88. The summed E-state index contributed by atoms with van der Waals surface area (Å²) >= 11 is 3.46. The molecular formula is C13H16BrN3O. The summed E-state index contributed by atoms with van der Waals surface area (Å²) in [6, 6.07) is 0. The van der Waals surface area contributed by atoms with Crippen LogP contribution in [-0.4, -0.2) is 26.9 Å². The van der Waals surface area contributed by atoms with Gasteiger partial charge in [-0.1, -0.05) is 5.57 Å². The fourth-order valence-corrected chi connectivity index (χ4v) is 2.84. The third-order valence-corrected chi connectivity index (χ3v) is 4.33. The maximum absolute atomic E-state index is 12.2. The van der Waals surface area contributed by atoms with Crippen molar-refractivity contribution in [3.63, 3.8) is 0 Å². The summed E-state index contributed by atoms with van der Waals surface area (Å²) in [5.74, 6) is 1.75. The molecule has 3 rings (SSSR count). The van der Waals surface area contributed by atoms with Gasteiger partial charge >= 0.3 is 0 Å². The lowest BCUT2D eigenvalue weighted by Gasteiger charge is -2.27. The Bertz CT molecular complexity index is 516. The zero-order chi connectivity index (χ0) is 12.7. The first-order valence-electron chi connectivity index (χ1n) is 6.32. The molecule has 1 saturated carbocycles. The molecule has 0 spiro atoms. The fraction of sp³-hybridized carbons (Fsp3) is 0.538. The number of hydrogen-bond donors (Lipinski definition) is 0. The summed E-state index contributed by atoms with van der Waals surface area (Å²) < 4.78 is 3.11. The van der Waals surface area contributed by atoms with Crippen LogP contribution in [0.2, 0.25) is 0 Å². The molecule has 1 aliphatic carbocycles. The van der Waals surface area contributed by atoms with Gasteiger partial charge in [0.25, 0.3) is 0 Å². The molecule has 1 amide bonds. The number of allylic oxidation sites excluding steroid dienone is 1. The summed E-state index contributed by atoms with van der Waals surface area (Å²) in [7, 11) is 0. The van der Waals surface area contributed by atoms with E-state index in [1.54, 1.807) is 6.20 Å². The van der Waals surface area contributed by atoms with Crippen molar-refractivity contribution < 1.29 is 4.79 Å². The van der Waals surface area contributed by atoms with Crippen LogP contribution in [0.3, 0.4) is 0 Å². The zero-order valence-corrected chi connectivity index (χ0v) is 12.0. The van der Waals surface area contributed by atoms with Crippen LogP contribution in [-0.2, 0) is 17.9 Å². The highest BCUT2D eigenvalue weighted by molar-refractivity contribution is 9.10. The Morgan fingerprint density at radius 2 is 2.28 bits per heavy atom. The van der Waals surface area contributed by atoms with E-state index in [2.05, 4.69) is 32.4 Å². The molecule has 18 heavy (non-hydrogen) atoms. The van der Waals surface area contributed by atoms with Crippen molar-refractivity contribution in [3.05, 3.63) is 28.3 Å². The van der Waals surface area contributed by atoms with E-state index in [1.165, 1.54) is 18.4 Å². The summed E-state index contributed by atoms with van der Waals surface area (Å²) in [6.07, 6.45) is 6.10. The monoisotopic (exact) mass is 309 g/mol. The highest BCUT2D eigenvalue weighted by Gasteiger charge is 2.26. The Labute approximate surface area is 115 Å². The van der Waals surface area contributed by atoms with Crippen LogP contribution in [0, 0.1) is 5.92 Å². The van der Waals surface area contributed by atoms with Crippen molar-refractivity contribution >= 4 is 21.8 Å². The van der Waals surface area contributed by atoms with Gasteiger partial charge in [-0.3, -0.25) is 4.79 Å². The first-order valence-corrected chi connectivity index (χ1v) is 7.11. The standard InChI is InChI=1S/C13H16BrN3O/c1-9(10-2-3-10)6-13(18)16-4-5-17-11(14)7-15-12(17)8-16/h6-7,10H,2-5,8H2,1H3/b9-6-. The van der Waals surface area contributed by atoms with E-state index in [0.29, 0.717) is 12.5 Å². The van der Waals surface area contributed by atoms with Crippen LogP contribution in [0.4, 0.5) is 0 Å². The lowest BCUT2D eigenvalue weighted by molar-refractivity contribution is -0.127. The van der Waals surface area contributed by atoms with Gasteiger partial charge in [-0.2, -0.15) is 0 Å². The van der Waals surface area contributed by atoms with Crippen molar-refractivity contribution in [2.45, 2.75) is 32.9 Å². The van der Waals surface area contributed by atoms with Gasteiger partial charge in [0.15, 0.2) is 0 Å². The number of aromatic nitrogens is 2. The molecular weight excluding hydrogens is 294 g/mol. The molecule has 2 heterocycles. The molecule has 1 fully saturated rings. The summed E-state index contributed by atoms with van der Waals surface area (Å²) in [5, 5.41) is 0. The zero-order valence-electron chi connectivity index (χ0n) is 10.4. The Morgan fingerprint density at radius 1 is 1.50 bits per heavy atom. The largest absolute Gasteiger partial charge is 0.330 e. The topological polar surface area (TPSA) is 38.1 Å². The molecule has 0 saturated heterocycles. The molecule has 0 N–H and O–H groups in total. The van der Waals surface area contributed by atoms with Crippen LogP contribution in [0.5, 0.6) is 0 Å². The van der Waals surface area contributed by atoms with Crippen molar-refractivity contribution in [2.24, 2.45) is 5.92 Å². The predicted molar refractivity (Wildman–Crippen MR) is 71.8 cm³/mol. The molecule has 0 aromatic carbocycles. The summed E-state index contributed by atoms with van der Waals surface area (Å²) in [6.45, 7) is 4.25. The molecule has 0 radical (unpaired) electrons. The first-order chi connectivity index (χ1) is 8.65. The Morgan fingerprint density at radius 3 is 3.00 bits per heavy atom. The van der Waals surface area contributed by atoms with Crippen LogP contribution in [0.1, 0.15) is 25.6 Å². The van der Waals surface area contributed by atoms with Gasteiger partial charge in [-0.05, 0) is 41.6 Å². The minimum Gasteiger partial charge on any atom is -0.330 e. The van der Waals surface area contributed by atoms with Crippen molar-refractivity contribution in [1.29, 1.82) is 0 Å². The molecule has 0 unspecified atom stereocenters. The number of rotatable bonds is 2. The lowest BCUT2D eigenvalue weighted by Crippen LogP contribution is -2.37. The number of fused-ring (bicyclic) bond motifs is 1. The quantitative estimate of drug-likeness (QED) is 0.787. The van der Waals surface area contributed by atoms with Gasteiger partial charge in [0.1, 0.15) is 10.4 Å². The maximum atomic E-state index is 12.2. The van der Waals surface area contributed by atoms with Gasteiger partial charge in [0.2, 0.25) is 5.91 Å². The van der Waals surface area contributed by atoms with Gasteiger partial charge in [-0.25, -0.2) is 4.98 Å². The number of halogens is 1. The Kier molecular flexibility index (Phi) is 3.01. The van der Waals surface area contributed by atoms with Crippen LogP contribution in [0.15, 0.2) is 22.4 Å². The SMILES string of the molecule is C/C(=C/C(=O)N1CCn2c(Br)cnc2C1)C1CC1. The van der Waals surface area contributed by atoms with Gasteiger partial charge < -0.3 is 9.47 Å². The second kappa shape index (κ2) is 4.53. The molecule has 2 aliphatic rings. The molecule has 0 bridgehead atoms. The molecule has 96 valence electrons. The van der Waals surface area contributed by atoms with Gasteiger partial charge in [0, 0.05) is 19.2 Å². The van der Waals surface area contributed by atoms with Crippen LogP contribution < -0.4 is 0 Å². The van der Waals surface area contributed by atoms with E-state index < -0.39 is 0 Å². The van der Waals surface area contributed by atoms with E-state index in [0.717, 1.165) is 23.5 Å². The maximum Gasteiger partial charge on any atom is 0.246 e. The lowest BCUT2D eigenvalue weighted by atomic mass is 10.2. The van der Waals surface area contributed by atoms with Crippen molar-refractivity contribution in [2.75, 3.05) is 6.54 Å². The predicted octanol–water partition coefficient (Wildman–Crippen LogP) is 2.34. The minimum atomic E-state index is 0.129. The van der Waals surface area contributed by atoms with E-state index in [1.807, 2.05) is 11.0 Å². The van der Waals surface area contributed by atoms with Gasteiger partial charge in [-0.15, -0.1) is 0 Å². The third-order valence-electron chi connectivity index (χ3n) is 3.70. The third kappa shape index (κ3) is 2.23. The van der Waals surface area contributed by atoms with E-state index in [9.17, 15) is 4.79 Å². The highest BCUT2D eigenvalue weighted by Crippen LogP contribution is 2.36. The molecule has 4 nitrogen and oxygen atoms in total. The van der Waals surface area contributed by atoms with E-state index >= 15 is 0 Å². The second-order valence-electron chi connectivity index (χ2n) is 5.07.